The van der Waals surface area contributed by atoms with Crippen LogP contribution in [-0.2, 0) is 10.8 Å². The van der Waals surface area contributed by atoms with Crippen molar-refractivity contribution < 1.29 is 4.42 Å². The van der Waals surface area contributed by atoms with Crippen LogP contribution in [0, 0.1) is 0 Å². The van der Waals surface area contributed by atoms with E-state index in [1.165, 1.54) is 209 Å². The van der Waals surface area contributed by atoms with E-state index in [1.807, 2.05) is 12.1 Å². The van der Waals surface area contributed by atoms with Gasteiger partial charge in [-0.25, -0.2) is 0 Å². The Labute approximate surface area is 645 Å². The van der Waals surface area contributed by atoms with Gasteiger partial charge in [-0.15, -0.1) is 0 Å². The topological polar surface area (TPSA) is 13.1 Å². The third kappa shape index (κ3) is 9.88. The van der Waals surface area contributed by atoms with Crippen LogP contribution >= 0.6 is 0 Å². The van der Waals surface area contributed by atoms with Gasteiger partial charge >= 0.3 is 0 Å². The zero-order valence-corrected chi connectivity index (χ0v) is 62.2. The van der Waals surface area contributed by atoms with Crippen molar-refractivity contribution in [3.05, 3.63) is 398 Å². The Morgan fingerprint density at radius 3 is 0.982 bits per heavy atom. The molecule has 1 heterocycles. The minimum absolute atomic E-state index is 0.133. The Morgan fingerprint density at radius 1 is 0.171 bits per heavy atom. The number of benzene rings is 20. The fourth-order valence-electron chi connectivity index (χ4n) is 20.0. The summed E-state index contributed by atoms with van der Waals surface area (Å²) in [6.45, 7) is 9.59. The van der Waals surface area contributed by atoms with E-state index in [-0.39, 0.29) is 10.8 Å². The van der Waals surface area contributed by atoms with Crippen molar-refractivity contribution in [2.75, 3.05) is 0 Å². The first-order valence-electron chi connectivity index (χ1n) is 38.9. The van der Waals surface area contributed by atoms with Crippen molar-refractivity contribution in [3.63, 3.8) is 0 Å². The van der Waals surface area contributed by atoms with Crippen molar-refractivity contribution in [2.45, 2.75) is 38.5 Å². The maximum atomic E-state index is 6.17. The molecule has 1 aromatic heterocycles. The van der Waals surface area contributed by atoms with Crippen LogP contribution in [0.1, 0.15) is 49.9 Å². The minimum Gasteiger partial charge on any atom is -0.456 e. The van der Waals surface area contributed by atoms with Crippen LogP contribution in [0.3, 0.4) is 0 Å². The fourth-order valence-corrected chi connectivity index (χ4v) is 20.0. The van der Waals surface area contributed by atoms with Crippen molar-refractivity contribution in [3.8, 4) is 100 Å². The van der Waals surface area contributed by atoms with Gasteiger partial charge in [0.2, 0.25) is 0 Å². The number of hydrogen-bond donors (Lipinski definition) is 0. The molecular weight excluding hydrogens is 1340 g/mol. The molecule has 0 unspecified atom stereocenters. The number of rotatable bonds is 7. The summed E-state index contributed by atoms with van der Waals surface area (Å²) in [5.41, 5.74) is 30.2. The van der Waals surface area contributed by atoms with E-state index in [0.29, 0.717) is 0 Å². The van der Waals surface area contributed by atoms with E-state index in [4.69, 9.17) is 4.42 Å². The average molecular weight is 1410 g/mol. The molecule has 1 nitrogen and oxygen atoms in total. The normalized spacial score (nSPS) is 13.2. The molecule has 2 aliphatic rings. The van der Waals surface area contributed by atoms with Gasteiger partial charge in [0.05, 0.1) is 0 Å². The molecule has 111 heavy (non-hydrogen) atoms. The summed E-state index contributed by atoms with van der Waals surface area (Å²) >= 11 is 0. The largest absolute Gasteiger partial charge is 0.456 e. The summed E-state index contributed by atoms with van der Waals surface area (Å²) < 4.78 is 6.17. The first-order valence-corrected chi connectivity index (χ1v) is 38.9. The highest BCUT2D eigenvalue weighted by Crippen LogP contribution is 2.58. The van der Waals surface area contributed by atoms with E-state index in [9.17, 15) is 0 Å². The van der Waals surface area contributed by atoms with Gasteiger partial charge in [0, 0.05) is 21.6 Å². The highest BCUT2D eigenvalue weighted by molar-refractivity contribution is 6.26. The number of fused-ring (bicyclic) bond motifs is 20. The van der Waals surface area contributed by atoms with Gasteiger partial charge in [-0.2, -0.15) is 0 Å². The number of hydrogen-bond acceptors (Lipinski definition) is 1. The molecule has 0 bridgehead atoms. The summed E-state index contributed by atoms with van der Waals surface area (Å²) in [6, 6.07) is 139. The van der Waals surface area contributed by atoms with Crippen LogP contribution in [0.25, 0.3) is 208 Å². The first kappa shape index (κ1) is 64.5. The molecular formula is C110H74O. The molecule has 2 aliphatic carbocycles. The highest BCUT2D eigenvalue weighted by Gasteiger charge is 2.40. The monoisotopic (exact) mass is 1410 g/mol. The molecule has 1 heteroatoms. The third-order valence-electron chi connectivity index (χ3n) is 24.8. The second-order valence-corrected chi connectivity index (χ2v) is 31.5. The van der Waals surface area contributed by atoms with Crippen LogP contribution in [0.4, 0.5) is 0 Å². The third-order valence-corrected chi connectivity index (χ3v) is 24.8. The van der Waals surface area contributed by atoms with E-state index in [2.05, 4.69) is 392 Å². The van der Waals surface area contributed by atoms with Crippen LogP contribution in [-0.4, -0.2) is 0 Å². The van der Waals surface area contributed by atoms with E-state index in [0.717, 1.165) is 21.9 Å². The van der Waals surface area contributed by atoms with Crippen LogP contribution in [0.5, 0.6) is 0 Å². The minimum atomic E-state index is -0.144. The van der Waals surface area contributed by atoms with Crippen LogP contribution < -0.4 is 0 Å². The van der Waals surface area contributed by atoms with Crippen LogP contribution in [0.15, 0.2) is 381 Å². The Balaban J connectivity index is 0.000000137. The van der Waals surface area contributed by atoms with Gasteiger partial charge in [0.1, 0.15) is 11.2 Å². The lowest BCUT2D eigenvalue weighted by atomic mass is 9.78. The molecule has 21 aromatic rings. The lowest BCUT2D eigenvalue weighted by Crippen LogP contribution is -2.16. The quantitative estimate of drug-likeness (QED) is 0.114. The van der Waals surface area contributed by atoms with Gasteiger partial charge in [-0.1, -0.05) is 367 Å². The SMILES string of the molecule is CC1(C)c2ccc3ccccc3c2-c2cccc(-c3cccc(-c4c5ccccc5c(-c5cccc(-c6ccc7oc8ccccc8c7c6)c5)c5ccccc45)c3)c21.CC1(C)c2ccc3ccccc3c2-c2cccc(-c3cccc(-c4c5ccccc5c(-c5cccc6c5ccc5ccccc56)c5ccccc45)c3)c21. The molecule has 0 aliphatic heterocycles. The predicted molar refractivity (Wildman–Crippen MR) is 473 cm³/mol. The standard InChI is InChI=1S/C57H38O.C53H36/c1-57(2)50-30-28-35-14-3-4-19-41(35)55(50)48-26-13-25-42(56(48)57)38-16-12-18-40(33-38)54-46-23-7-5-21-44(46)53(45-22-6-8-24-47(45)54)39-17-11-15-36(32-39)37-29-31-52-49(34-37)43-20-9-10-27-51(43)58-52;1-53(2)48-31-29-34-15-4-6-19-38(34)51(48)47-27-12-24-39(52(47)53)35-16-11-17-36(32-35)49-43-20-7-9-22-45(43)50(46-23-10-8-21-44(46)49)42-26-13-25-40-37-18-5-3-14-33(37)28-30-41(40)42/h3-34H,1-2H3;3-32H,1-2H3. The van der Waals surface area contributed by atoms with Crippen LogP contribution in [0.2, 0.25) is 0 Å². The number of para-hydroxylation sites is 1. The summed E-state index contributed by atoms with van der Waals surface area (Å²) in [5.74, 6) is 0. The van der Waals surface area contributed by atoms with Gasteiger partial charge in [0.25, 0.3) is 0 Å². The van der Waals surface area contributed by atoms with Gasteiger partial charge in [0.15, 0.2) is 0 Å². The zero-order chi connectivity index (χ0) is 73.8. The molecule has 23 rings (SSSR count). The zero-order valence-electron chi connectivity index (χ0n) is 62.2. The smallest absolute Gasteiger partial charge is 0.135 e. The summed E-state index contributed by atoms with van der Waals surface area (Å²) in [5, 5.41) is 22.8. The molecule has 0 N–H and O–H groups in total. The Hall–Kier alpha value is -13.7. The summed E-state index contributed by atoms with van der Waals surface area (Å²) in [4.78, 5) is 0. The average Bonchev–Trinajstić information content (AvgIpc) is 1.72. The second kappa shape index (κ2) is 24.9. The molecule has 20 aromatic carbocycles. The molecule has 0 spiro atoms. The van der Waals surface area contributed by atoms with Crippen molar-refractivity contribution in [1.82, 2.24) is 0 Å². The molecule has 0 saturated carbocycles. The Morgan fingerprint density at radius 2 is 0.495 bits per heavy atom. The maximum Gasteiger partial charge on any atom is 0.135 e. The fraction of sp³-hybridized carbons (Fsp3) is 0.0545. The van der Waals surface area contributed by atoms with Crippen molar-refractivity contribution in [2.24, 2.45) is 0 Å². The molecule has 0 fully saturated rings. The van der Waals surface area contributed by atoms with E-state index >= 15 is 0 Å². The molecule has 0 saturated heterocycles. The molecule has 520 valence electrons. The lowest BCUT2D eigenvalue weighted by molar-refractivity contribution is 0.662. The summed E-state index contributed by atoms with van der Waals surface area (Å²) in [7, 11) is 0. The first-order chi connectivity index (χ1) is 54.6. The molecule has 0 radical (unpaired) electrons. The number of furan rings is 1. The summed E-state index contributed by atoms with van der Waals surface area (Å²) in [6.07, 6.45) is 0. The Bertz CT molecular complexity index is 7410. The predicted octanol–water partition coefficient (Wildman–Crippen LogP) is 30.8. The second-order valence-electron chi connectivity index (χ2n) is 31.5. The van der Waals surface area contributed by atoms with Gasteiger partial charge < -0.3 is 4.42 Å². The van der Waals surface area contributed by atoms with Crippen molar-refractivity contribution >= 4 is 108 Å². The molecule has 0 atom stereocenters. The molecule has 0 amide bonds. The van der Waals surface area contributed by atoms with Crippen molar-refractivity contribution in [1.29, 1.82) is 0 Å². The Kier molecular flexibility index (Phi) is 14.5. The van der Waals surface area contributed by atoms with E-state index in [1.54, 1.807) is 0 Å². The van der Waals surface area contributed by atoms with Gasteiger partial charge in [-0.3, -0.25) is 0 Å². The van der Waals surface area contributed by atoms with E-state index < -0.39 is 0 Å². The maximum absolute atomic E-state index is 6.17. The lowest BCUT2D eigenvalue weighted by Gasteiger charge is -2.25. The van der Waals surface area contributed by atoms with Gasteiger partial charge in [-0.05, 0) is 245 Å². The highest BCUT2D eigenvalue weighted by atomic mass is 16.3.